The zero-order valence-electron chi connectivity index (χ0n) is 14.9. The van der Waals surface area contributed by atoms with Gasteiger partial charge in [-0.15, -0.1) is 11.6 Å². The number of carbonyl (C=O) groups is 2. The molecule has 0 aliphatic carbocycles. The van der Waals surface area contributed by atoms with Crippen LogP contribution < -0.4 is 0 Å². The summed E-state index contributed by atoms with van der Waals surface area (Å²) in [5, 5.41) is 0. The van der Waals surface area contributed by atoms with Gasteiger partial charge in [-0.2, -0.15) is 0 Å². The number of benzene rings is 1. The first kappa shape index (κ1) is 19.8. The first-order valence-electron chi connectivity index (χ1n) is 7.94. The summed E-state index contributed by atoms with van der Waals surface area (Å²) in [4.78, 5) is 29.4. The summed E-state index contributed by atoms with van der Waals surface area (Å²) in [7, 11) is 1.22. The van der Waals surface area contributed by atoms with Gasteiger partial charge in [0.25, 0.3) is 0 Å². The average Bonchev–Trinajstić information content (AvgIpc) is 2.59. The maximum absolute atomic E-state index is 13.4. The molecule has 0 saturated carbocycles. The van der Waals surface area contributed by atoms with Gasteiger partial charge in [-0.25, -0.2) is 14.0 Å². The van der Waals surface area contributed by atoms with Gasteiger partial charge in [0.15, 0.2) is 0 Å². The van der Waals surface area contributed by atoms with E-state index >= 15 is 0 Å². The first-order chi connectivity index (χ1) is 12.3. The molecule has 0 N–H and O–H groups in total. The quantitative estimate of drug-likeness (QED) is 0.572. The first-order valence-corrected chi connectivity index (χ1v) is 8.48. The minimum atomic E-state index is -0.689. The van der Waals surface area contributed by atoms with Crippen LogP contribution in [0.5, 0.6) is 0 Å². The number of alkyl halides is 1. The lowest BCUT2D eigenvalue weighted by molar-refractivity contribution is 0.0377. The van der Waals surface area contributed by atoms with Crippen LogP contribution in [-0.4, -0.2) is 30.1 Å². The van der Waals surface area contributed by atoms with E-state index in [-0.39, 0.29) is 34.4 Å². The Bertz CT molecular complexity index is 834. The van der Waals surface area contributed by atoms with Crippen LogP contribution >= 0.6 is 11.6 Å². The second kappa shape index (κ2) is 8.27. The summed E-state index contributed by atoms with van der Waals surface area (Å²) in [6, 6.07) is 5.43. The van der Waals surface area contributed by atoms with Crippen molar-refractivity contribution >= 4 is 23.5 Å². The third-order valence-electron chi connectivity index (χ3n) is 3.65. The van der Waals surface area contributed by atoms with Crippen LogP contribution in [0.15, 0.2) is 24.3 Å². The van der Waals surface area contributed by atoms with Gasteiger partial charge in [0.05, 0.1) is 41.6 Å². The van der Waals surface area contributed by atoms with Crippen LogP contribution in [0.25, 0.3) is 11.1 Å². The molecule has 1 heterocycles. The minimum Gasteiger partial charge on any atom is -0.465 e. The van der Waals surface area contributed by atoms with Gasteiger partial charge in [0.1, 0.15) is 5.82 Å². The van der Waals surface area contributed by atoms with Crippen LogP contribution in [0.2, 0.25) is 0 Å². The maximum Gasteiger partial charge on any atom is 0.340 e. The van der Waals surface area contributed by atoms with E-state index in [0.29, 0.717) is 11.3 Å². The van der Waals surface area contributed by atoms with E-state index in [0.717, 1.165) is 0 Å². The van der Waals surface area contributed by atoms with E-state index in [4.69, 9.17) is 21.1 Å². The number of nitrogens with zero attached hydrogens (tertiary/aromatic N) is 1. The number of carbonyl (C=O) groups excluding carboxylic acids is 2. The lowest BCUT2D eigenvalue weighted by atomic mass is 9.92. The number of pyridine rings is 1. The Balaban J connectivity index is 2.88. The zero-order valence-corrected chi connectivity index (χ0v) is 15.7. The molecule has 0 radical (unpaired) electrons. The number of rotatable bonds is 5. The van der Waals surface area contributed by atoms with Gasteiger partial charge in [-0.3, -0.25) is 4.98 Å². The average molecular weight is 380 g/mol. The van der Waals surface area contributed by atoms with Crippen molar-refractivity contribution < 1.29 is 23.5 Å². The van der Waals surface area contributed by atoms with E-state index in [1.165, 1.54) is 31.4 Å². The van der Waals surface area contributed by atoms with Crippen LogP contribution in [-0.2, 0) is 15.4 Å². The predicted molar refractivity (Wildman–Crippen MR) is 95.8 cm³/mol. The molecule has 2 rings (SSSR count). The van der Waals surface area contributed by atoms with Crippen LogP contribution in [0.3, 0.4) is 0 Å². The van der Waals surface area contributed by atoms with Crippen molar-refractivity contribution in [3.63, 3.8) is 0 Å². The number of hydrogen-bond donors (Lipinski definition) is 0. The molecule has 0 saturated heterocycles. The van der Waals surface area contributed by atoms with Crippen LogP contribution in [0, 0.1) is 12.7 Å². The molecule has 0 aliphatic heterocycles. The molecule has 26 heavy (non-hydrogen) atoms. The third kappa shape index (κ3) is 4.02. The monoisotopic (exact) mass is 379 g/mol. The van der Waals surface area contributed by atoms with Crippen molar-refractivity contribution in [2.45, 2.75) is 32.8 Å². The molecule has 0 fully saturated rings. The number of ether oxygens (including phenoxy) is 2. The fraction of sp³-hybridized carbons (Fsp3) is 0.316. The normalized spacial score (nSPS) is 10.7. The second-order valence-corrected chi connectivity index (χ2v) is 6.12. The molecule has 5 nitrogen and oxygen atoms in total. The highest BCUT2D eigenvalue weighted by Gasteiger charge is 2.29. The minimum absolute atomic E-state index is 0.0566. The van der Waals surface area contributed by atoms with E-state index in [1.807, 2.05) is 0 Å². The van der Waals surface area contributed by atoms with Gasteiger partial charge in [-0.1, -0.05) is 12.1 Å². The smallest absolute Gasteiger partial charge is 0.340 e. The largest absolute Gasteiger partial charge is 0.465 e. The summed E-state index contributed by atoms with van der Waals surface area (Å²) < 4.78 is 23.5. The highest BCUT2D eigenvalue weighted by molar-refractivity contribution is 6.18. The van der Waals surface area contributed by atoms with E-state index in [9.17, 15) is 14.0 Å². The molecule has 138 valence electrons. The molecule has 0 unspecified atom stereocenters. The molecule has 0 atom stereocenters. The van der Waals surface area contributed by atoms with Gasteiger partial charge in [-0.05, 0) is 38.5 Å². The number of aryl methyl sites for hydroxylation is 1. The van der Waals surface area contributed by atoms with Gasteiger partial charge in [0.2, 0.25) is 0 Å². The van der Waals surface area contributed by atoms with Crippen LogP contribution in [0.4, 0.5) is 4.39 Å². The highest BCUT2D eigenvalue weighted by Crippen LogP contribution is 2.33. The van der Waals surface area contributed by atoms with E-state index in [2.05, 4.69) is 4.98 Å². The third-order valence-corrected chi connectivity index (χ3v) is 3.90. The summed E-state index contributed by atoms with van der Waals surface area (Å²) in [6.45, 7) is 5.06. The van der Waals surface area contributed by atoms with Crippen molar-refractivity contribution in [2.24, 2.45) is 0 Å². The Hall–Kier alpha value is -2.47. The zero-order chi connectivity index (χ0) is 19.4. The summed E-state index contributed by atoms with van der Waals surface area (Å²) in [5.41, 5.74) is 1.55. The van der Waals surface area contributed by atoms with Gasteiger partial charge in [0, 0.05) is 5.56 Å². The fourth-order valence-electron chi connectivity index (χ4n) is 2.61. The number of esters is 2. The summed E-state index contributed by atoms with van der Waals surface area (Å²) in [6.07, 6.45) is -0.364. The standard InChI is InChI=1S/C19H19ClFNO4/c1-10(2)26-19(24)15-11(3)22-14(9-20)17(18(23)25-4)16(15)12-5-7-13(21)8-6-12/h5-8,10H,9H2,1-4H3. The maximum atomic E-state index is 13.4. The molecular weight excluding hydrogens is 361 g/mol. The summed E-state index contributed by atoms with van der Waals surface area (Å²) >= 11 is 5.96. The van der Waals surface area contributed by atoms with Gasteiger partial charge < -0.3 is 9.47 Å². The molecule has 0 amide bonds. The number of hydrogen-bond acceptors (Lipinski definition) is 5. The van der Waals surface area contributed by atoms with Crippen LogP contribution in [0.1, 0.15) is 46.0 Å². The van der Waals surface area contributed by atoms with Gasteiger partial charge >= 0.3 is 11.9 Å². The van der Waals surface area contributed by atoms with E-state index < -0.39 is 17.8 Å². The topological polar surface area (TPSA) is 65.5 Å². The SMILES string of the molecule is COC(=O)c1c(CCl)nc(C)c(C(=O)OC(C)C)c1-c1ccc(F)cc1. The lowest BCUT2D eigenvalue weighted by Crippen LogP contribution is -2.19. The highest BCUT2D eigenvalue weighted by atomic mass is 35.5. The lowest BCUT2D eigenvalue weighted by Gasteiger charge is -2.19. The molecule has 2 aromatic rings. The molecule has 7 heteroatoms. The molecular formula is C19H19ClFNO4. The number of halogens is 2. The Morgan fingerprint density at radius 3 is 2.27 bits per heavy atom. The fourth-order valence-corrected chi connectivity index (χ4v) is 2.80. The van der Waals surface area contributed by atoms with Crippen molar-refractivity contribution in [1.29, 1.82) is 0 Å². The van der Waals surface area contributed by atoms with Crippen molar-refractivity contribution in [2.75, 3.05) is 7.11 Å². The van der Waals surface area contributed by atoms with E-state index in [1.54, 1.807) is 20.8 Å². The number of aromatic nitrogens is 1. The molecule has 0 spiro atoms. The van der Waals surface area contributed by atoms with Crippen molar-refractivity contribution in [3.05, 3.63) is 52.6 Å². The molecule has 0 aliphatic rings. The summed E-state index contributed by atoms with van der Waals surface area (Å²) in [5.74, 6) is -1.82. The van der Waals surface area contributed by atoms with Crippen molar-refractivity contribution in [1.82, 2.24) is 4.98 Å². The molecule has 0 bridgehead atoms. The Kier molecular flexibility index (Phi) is 6.32. The second-order valence-electron chi connectivity index (χ2n) is 5.86. The van der Waals surface area contributed by atoms with Crippen molar-refractivity contribution in [3.8, 4) is 11.1 Å². The molecule has 1 aromatic carbocycles. The predicted octanol–water partition coefficient (Wildman–Crippen LogP) is 4.29. The Morgan fingerprint density at radius 2 is 1.77 bits per heavy atom. The number of methoxy groups -OCH3 is 1. The molecule has 1 aromatic heterocycles. The Labute approximate surface area is 156 Å². The Morgan fingerprint density at radius 1 is 1.15 bits per heavy atom.